The number of hydrogen-bond acceptors (Lipinski definition) is 3. The van der Waals surface area contributed by atoms with Gasteiger partial charge in [0.15, 0.2) is 5.96 Å². The lowest BCUT2D eigenvalue weighted by atomic mass is 10.3. The average molecular weight is 481 g/mol. The number of nitrogens with one attached hydrogen (secondary N) is 2. The molecule has 3 heterocycles. The first-order valence-corrected chi connectivity index (χ1v) is 9.04. The van der Waals surface area contributed by atoms with Gasteiger partial charge in [0.1, 0.15) is 5.65 Å². The van der Waals surface area contributed by atoms with Crippen LogP contribution < -0.4 is 10.6 Å². The third-order valence-electron chi connectivity index (χ3n) is 4.25. The molecule has 0 amide bonds. The Kier molecular flexibility index (Phi) is 8.08. The quantitative estimate of drug-likeness (QED) is 0.236. The molecule has 0 aliphatic carbocycles. The van der Waals surface area contributed by atoms with E-state index in [1.807, 2.05) is 35.7 Å². The van der Waals surface area contributed by atoms with E-state index in [9.17, 15) is 0 Å². The number of fused-ring (bicyclic) bond motifs is 1. The van der Waals surface area contributed by atoms with E-state index in [1.54, 1.807) is 7.05 Å². The molecule has 146 valence electrons. The minimum Gasteiger partial charge on any atom is -0.356 e. The van der Waals surface area contributed by atoms with Gasteiger partial charge in [-0.3, -0.25) is 9.67 Å². The summed E-state index contributed by atoms with van der Waals surface area (Å²) in [6.07, 6.45) is 5.94. The monoisotopic (exact) mass is 481 g/mol. The second-order valence-electron chi connectivity index (χ2n) is 6.38. The molecular weight excluding hydrogens is 453 g/mol. The van der Waals surface area contributed by atoms with E-state index in [-0.39, 0.29) is 24.0 Å². The van der Waals surface area contributed by atoms with Gasteiger partial charge in [-0.15, -0.1) is 24.0 Å². The van der Waals surface area contributed by atoms with Gasteiger partial charge in [0.05, 0.1) is 11.4 Å². The van der Waals surface area contributed by atoms with Gasteiger partial charge in [-0.25, -0.2) is 4.98 Å². The first-order chi connectivity index (χ1) is 12.7. The van der Waals surface area contributed by atoms with Crippen molar-refractivity contribution in [3.63, 3.8) is 0 Å². The topological polar surface area (TPSA) is 71.5 Å². The van der Waals surface area contributed by atoms with Crippen molar-refractivity contribution < 1.29 is 0 Å². The smallest absolute Gasteiger partial charge is 0.190 e. The lowest BCUT2D eigenvalue weighted by Crippen LogP contribution is -2.39. The molecule has 3 aromatic rings. The zero-order chi connectivity index (χ0) is 18.4. The van der Waals surface area contributed by atoms with Crippen LogP contribution in [0.2, 0.25) is 0 Å². The maximum absolute atomic E-state index is 4.61. The van der Waals surface area contributed by atoms with Crippen molar-refractivity contribution >= 4 is 35.6 Å². The number of halogens is 1. The Morgan fingerprint density at radius 2 is 2.00 bits per heavy atom. The highest BCUT2D eigenvalue weighted by atomic mass is 127. The summed E-state index contributed by atoms with van der Waals surface area (Å²) in [6.45, 7) is 6.67. The molecule has 27 heavy (non-hydrogen) atoms. The highest BCUT2D eigenvalue weighted by Crippen LogP contribution is 2.04. The number of aromatic nitrogens is 4. The van der Waals surface area contributed by atoms with Crippen LogP contribution in [0.3, 0.4) is 0 Å². The van der Waals surface area contributed by atoms with E-state index in [0.717, 1.165) is 55.5 Å². The number of nitrogens with zero attached hydrogens (tertiary/aromatic N) is 5. The summed E-state index contributed by atoms with van der Waals surface area (Å²) in [5.74, 6) is 0.821. The Balaban J connectivity index is 0.00000261. The van der Waals surface area contributed by atoms with E-state index in [4.69, 9.17) is 0 Å². The molecule has 3 rings (SSSR count). The van der Waals surface area contributed by atoms with Gasteiger partial charge in [-0.2, -0.15) is 5.10 Å². The highest BCUT2D eigenvalue weighted by Gasteiger charge is 2.03. The molecule has 0 aromatic carbocycles. The Labute approximate surface area is 177 Å². The summed E-state index contributed by atoms with van der Waals surface area (Å²) in [7, 11) is 1.79. The van der Waals surface area contributed by atoms with Crippen LogP contribution in [0.25, 0.3) is 5.65 Å². The second-order valence-corrected chi connectivity index (χ2v) is 6.38. The minimum atomic E-state index is 0. The predicted molar refractivity (Wildman–Crippen MR) is 120 cm³/mol. The third kappa shape index (κ3) is 5.95. The maximum Gasteiger partial charge on any atom is 0.190 e. The first-order valence-electron chi connectivity index (χ1n) is 9.04. The molecule has 0 aliphatic heterocycles. The van der Waals surface area contributed by atoms with Gasteiger partial charge < -0.3 is 15.0 Å². The van der Waals surface area contributed by atoms with Gasteiger partial charge in [0.2, 0.25) is 0 Å². The molecule has 8 heteroatoms. The fourth-order valence-corrected chi connectivity index (χ4v) is 2.97. The van der Waals surface area contributed by atoms with E-state index >= 15 is 0 Å². The van der Waals surface area contributed by atoms with Gasteiger partial charge in [-0.05, 0) is 38.5 Å². The summed E-state index contributed by atoms with van der Waals surface area (Å²) in [5, 5.41) is 11.2. The van der Waals surface area contributed by atoms with Crippen LogP contribution in [0, 0.1) is 13.8 Å². The standard InChI is InChI=1S/C19H27N7.HI/c1-15-13-16(2)26(24-15)12-6-9-21-19(20-3)22-10-8-17-14-25-11-5-4-7-18(25)23-17;/h4-5,7,11,13-14H,6,8-10,12H2,1-3H3,(H2,20,21,22);1H. The Morgan fingerprint density at radius 3 is 2.70 bits per heavy atom. The number of aliphatic imine (C=N–C) groups is 1. The number of rotatable bonds is 7. The summed E-state index contributed by atoms with van der Waals surface area (Å²) in [4.78, 5) is 8.88. The fraction of sp³-hybridized carbons (Fsp3) is 0.421. The van der Waals surface area contributed by atoms with Crippen LogP contribution in [0.4, 0.5) is 0 Å². The molecule has 2 N–H and O–H groups in total. The van der Waals surface area contributed by atoms with Crippen molar-refractivity contribution in [3.05, 3.63) is 53.7 Å². The van der Waals surface area contributed by atoms with Crippen molar-refractivity contribution in [1.82, 2.24) is 29.8 Å². The maximum atomic E-state index is 4.61. The zero-order valence-corrected chi connectivity index (χ0v) is 18.5. The largest absolute Gasteiger partial charge is 0.356 e. The normalized spacial score (nSPS) is 11.4. The van der Waals surface area contributed by atoms with Gasteiger partial charge in [0, 0.05) is 51.2 Å². The van der Waals surface area contributed by atoms with Crippen molar-refractivity contribution in [2.45, 2.75) is 33.2 Å². The molecule has 0 saturated carbocycles. The molecule has 0 fully saturated rings. The number of guanidine groups is 1. The van der Waals surface area contributed by atoms with Crippen LogP contribution in [0.5, 0.6) is 0 Å². The lowest BCUT2D eigenvalue weighted by Gasteiger charge is -2.11. The molecule has 0 aliphatic rings. The van der Waals surface area contributed by atoms with Gasteiger partial charge in [0.25, 0.3) is 0 Å². The van der Waals surface area contributed by atoms with E-state index in [0.29, 0.717) is 0 Å². The van der Waals surface area contributed by atoms with Crippen LogP contribution in [0.15, 0.2) is 41.7 Å². The third-order valence-corrected chi connectivity index (χ3v) is 4.25. The molecule has 0 unspecified atom stereocenters. The summed E-state index contributed by atoms with van der Waals surface area (Å²) < 4.78 is 4.10. The van der Waals surface area contributed by atoms with Crippen LogP contribution >= 0.6 is 24.0 Å². The molecule has 7 nitrogen and oxygen atoms in total. The van der Waals surface area contributed by atoms with Crippen molar-refractivity contribution in [3.8, 4) is 0 Å². The molecule has 0 radical (unpaired) electrons. The molecule has 3 aromatic heterocycles. The van der Waals surface area contributed by atoms with Crippen molar-refractivity contribution in [1.29, 1.82) is 0 Å². The zero-order valence-electron chi connectivity index (χ0n) is 16.1. The van der Waals surface area contributed by atoms with Crippen molar-refractivity contribution in [2.75, 3.05) is 20.1 Å². The molecule has 0 bridgehead atoms. The van der Waals surface area contributed by atoms with E-state index in [1.165, 1.54) is 5.69 Å². The summed E-state index contributed by atoms with van der Waals surface area (Å²) in [6, 6.07) is 8.13. The number of imidazole rings is 1. The predicted octanol–water partition coefficient (Wildman–Crippen LogP) is 2.56. The average Bonchev–Trinajstić information content (AvgIpc) is 3.18. The molecular formula is C19H28IN7. The SMILES string of the molecule is CN=C(NCCCn1nc(C)cc1C)NCCc1cn2ccccc2n1.I. The van der Waals surface area contributed by atoms with Crippen LogP contribution in [0.1, 0.15) is 23.5 Å². The van der Waals surface area contributed by atoms with Gasteiger partial charge in [-0.1, -0.05) is 6.07 Å². The van der Waals surface area contributed by atoms with Crippen LogP contribution in [-0.4, -0.2) is 45.3 Å². The second kappa shape index (κ2) is 10.3. The van der Waals surface area contributed by atoms with E-state index < -0.39 is 0 Å². The van der Waals surface area contributed by atoms with Crippen molar-refractivity contribution in [2.24, 2.45) is 4.99 Å². The van der Waals surface area contributed by atoms with E-state index in [2.05, 4.69) is 49.6 Å². The Morgan fingerprint density at radius 1 is 1.19 bits per heavy atom. The summed E-state index contributed by atoms with van der Waals surface area (Å²) >= 11 is 0. The first kappa shape index (κ1) is 21.2. The fourth-order valence-electron chi connectivity index (χ4n) is 2.97. The highest BCUT2D eigenvalue weighted by molar-refractivity contribution is 14.0. The van der Waals surface area contributed by atoms with Crippen LogP contribution in [-0.2, 0) is 13.0 Å². The minimum absolute atomic E-state index is 0. The number of hydrogen-bond donors (Lipinski definition) is 2. The molecule has 0 atom stereocenters. The summed E-state index contributed by atoms with van der Waals surface area (Å²) in [5.41, 5.74) is 4.33. The Bertz CT molecular complexity index is 848. The van der Waals surface area contributed by atoms with Gasteiger partial charge >= 0.3 is 0 Å². The Hall–Kier alpha value is -2.10. The number of aryl methyl sites for hydroxylation is 3. The number of pyridine rings is 1. The lowest BCUT2D eigenvalue weighted by molar-refractivity contribution is 0.555. The molecule has 0 saturated heterocycles. The molecule has 0 spiro atoms.